The van der Waals surface area contributed by atoms with Gasteiger partial charge in [-0.2, -0.15) is 0 Å². The van der Waals surface area contributed by atoms with Crippen LogP contribution in [0.15, 0.2) is 0 Å². The molecule has 1 aliphatic rings. The lowest BCUT2D eigenvalue weighted by Crippen LogP contribution is -2.46. The Morgan fingerprint density at radius 3 is 2.65 bits per heavy atom. The van der Waals surface area contributed by atoms with Crippen molar-refractivity contribution in [2.75, 3.05) is 37.7 Å². The zero-order valence-electron chi connectivity index (χ0n) is 11.3. The van der Waals surface area contributed by atoms with Crippen molar-refractivity contribution in [3.05, 3.63) is 0 Å². The number of hydrogen-bond donors (Lipinski definition) is 1. The molecule has 1 unspecified atom stereocenters. The van der Waals surface area contributed by atoms with Crippen LogP contribution in [-0.2, 0) is 9.84 Å². The summed E-state index contributed by atoms with van der Waals surface area (Å²) in [5.41, 5.74) is 0. The van der Waals surface area contributed by atoms with Crippen molar-refractivity contribution in [1.29, 1.82) is 0 Å². The lowest BCUT2D eigenvalue weighted by atomic mass is 10.1. The fourth-order valence-electron chi connectivity index (χ4n) is 2.29. The fourth-order valence-corrected chi connectivity index (χ4v) is 3.78. The van der Waals surface area contributed by atoms with Crippen LogP contribution in [0.1, 0.15) is 27.2 Å². The molecule has 0 saturated carbocycles. The zero-order chi connectivity index (χ0) is 12.9. The summed E-state index contributed by atoms with van der Waals surface area (Å²) in [5.74, 6) is 1.28. The van der Waals surface area contributed by atoms with Crippen molar-refractivity contribution >= 4 is 9.84 Å². The lowest BCUT2D eigenvalue weighted by molar-refractivity contribution is 0.243. The van der Waals surface area contributed by atoms with Gasteiger partial charge in [-0.15, -0.1) is 0 Å². The summed E-state index contributed by atoms with van der Waals surface area (Å²) in [6.07, 6.45) is 0.930. The Hall–Kier alpha value is -0.130. The molecule has 1 rings (SSSR count). The first-order valence-corrected chi connectivity index (χ1v) is 8.41. The largest absolute Gasteiger partial charge is 0.312 e. The van der Waals surface area contributed by atoms with Gasteiger partial charge in [0.2, 0.25) is 0 Å². The van der Waals surface area contributed by atoms with Gasteiger partial charge in [-0.1, -0.05) is 20.8 Å². The fraction of sp³-hybridized carbons (Fsp3) is 1.00. The molecule has 0 aliphatic carbocycles. The molecule has 0 aromatic carbocycles. The molecule has 0 amide bonds. The van der Waals surface area contributed by atoms with E-state index >= 15 is 0 Å². The maximum absolute atomic E-state index is 11.5. The van der Waals surface area contributed by atoms with Crippen LogP contribution >= 0.6 is 0 Å². The summed E-state index contributed by atoms with van der Waals surface area (Å²) in [6.45, 7) is 10.3. The minimum absolute atomic E-state index is 0.148. The summed E-state index contributed by atoms with van der Waals surface area (Å²) >= 11 is 0. The number of nitrogens with one attached hydrogen (secondary N) is 1. The Morgan fingerprint density at radius 1 is 1.41 bits per heavy atom. The molecular weight excluding hydrogens is 236 g/mol. The Bertz CT molecular complexity index is 314. The molecule has 1 atom stereocenters. The summed E-state index contributed by atoms with van der Waals surface area (Å²) < 4.78 is 23.0. The Labute approximate surface area is 106 Å². The Balaban J connectivity index is 2.33. The van der Waals surface area contributed by atoms with Crippen LogP contribution in [0.25, 0.3) is 0 Å². The van der Waals surface area contributed by atoms with Crippen molar-refractivity contribution in [1.82, 2.24) is 10.2 Å². The van der Waals surface area contributed by atoms with Crippen molar-refractivity contribution in [3.8, 4) is 0 Å². The first kappa shape index (κ1) is 14.9. The van der Waals surface area contributed by atoms with Crippen molar-refractivity contribution < 1.29 is 8.42 Å². The average Bonchev–Trinajstić information content (AvgIpc) is 2.22. The van der Waals surface area contributed by atoms with Gasteiger partial charge in [-0.05, 0) is 25.4 Å². The van der Waals surface area contributed by atoms with Crippen LogP contribution in [0, 0.1) is 5.92 Å². The molecule has 4 nitrogen and oxygen atoms in total. The molecule has 1 N–H and O–H groups in total. The Kier molecular flexibility index (Phi) is 5.89. The van der Waals surface area contributed by atoms with Gasteiger partial charge in [0.1, 0.15) is 0 Å². The highest BCUT2D eigenvalue weighted by molar-refractivity contribution is 7.91. The van der Waals surface area contributed by atoms with Crippen LogP contribution in [0.3, 0.4) is 0 Å². The predicted octanol–water partition coefficient (Wildman–Crippen LogP) is 0.741. The first-order valence-electron chi connectivity index (χ1n) is 6.59. The minimum Gasteiger partial charge on any atom is -0.312 e. The molecule has 0 spiro atoms. The molecule has 1 aliphatic heterocycles. The normalized spacial score (nSPS) is 24.4. The van der Waals surface area contributed by atoms with Gasteiger partial charge in [0.25, 0.3) is 0 Å². The van der Waals surface area contributed by atoms with E-state index < -0.39 is 9.84 Å². The molecule has 1 saturated heterocycles. The number of hydrogen-bond acceptors (Lipinski definition) is 4. The van der Waals surface area contributed by atoms with E-state index in [0.717, 1.165) is 26.1 Å². The standard InChI is InChI=1S/C12H26N2O2S/c1-4-14(9-11(2)3)7-5-12-10-17(15,16)8-6-13-12/h11-13H,4-10H2,1-3H3. The molecule has 0 bridgehead atoms. The van der Waals surface area contributed by atoms with Crippen LogP contribution in [0.5, 0.6) is 0 Å². The van der Waals surface area contributed by atoms with Gasteiger partial charge in [-0.3, -0.25) is 0 Å². The average molecular weight is 262 g/mol. The van der Waals surface area contributed by atoms with Gasteiger partial charge >= 0.3 is 0 Å². The molecule has 17 heavy (non-hydrogen) atoms. The summed E-state index contributed by atoms with van der Waals surface area (Å²) in [4.78, 5) is 2.40. The van der Waals surface area contributed by atoms with Gasteiger partial charge in [0, 0.05) is 19.1 Å². The Morgan fingerprint density at radius 2 is 2.12 bits per heavy atom. The topological polar surface area (TPSA) is 49.4 Å². The van der Waals surface area contributed by atoms with Crippen LogP contribution in [-0.4, -0.2) is 57.0 Å². The SMILES string of the molecule is CCN(CCC1CS(=O)(=O)CCN1)CC(C)C. The zero-order valence-corrected chi connectivity index (χ0v) is 12.1. The van der Waals surface area contributed by atoms with Gasteiger partial charge < -0.3 is 10.2 Å². The lowest BCUT2D eigenvalue weighted by Gasteiger charge is -2.28. The molecule has 0 aromatic rings. The molecule has 1 fully saturated rings. The number of nitrogens with zero attached hydrogens (tertiary/aromatic N) is 1. The highest BCUT2D eigenvalue weighted by Crippen LogP contribution is 2.07. The van der Waals surface area contributed by atoms with Crippen LogP contribution < -0.4 is 5.32 Å². The molecule has 5 heteroatoms. The molecular formula is C12H26N2O2S. The molecule has 0 aromatic heterocycles. The first-order chi connectivity index (χ1) is 7.93. The summed E-state index contributed by atoms with van der Waals surface area (Å²) in [6, 6.07) is 0.148. The minimum atomic E-state index is -2.79. The van der Waals surface area contributed by atoms with Crippen molar-refractivity contribution in [2.45, 2.75) is 33.2 Å². The molecule has 0 radical (unpaired) electrons. The van der Waals surface area contributed by atoms with E-state index in [9.17, 15) is 8.42 Å². The van der Waals surface area contributed by atoms with Gasteiger partial charge in [0.15, 0.2) is 9.84 Å². The van der Waals surface area contributed by atoms with E-state index in [1.807, 2.05) is 0 Å². The number of sulfone groups is 1. The number of rotatable bonds is 6. The monoisotopic (exact) mass is 262 g/mol. The van der Waals surface area contributed by atoms with E-state index in [4.69, 9.17) is 0 Å². The third kappa shape index (κ3) is 5.84. The predicted molar refractivity (Wildman–Crippen MR) is 72.0 cm³/mol. The smallest absolute Gasteiger partial charge is 0.153 e. The third-order valence-electron chi connectivity index (χ3n) is 3.17. The van der Waals surface area contributed by atoms with E-state index in [2.05, 4.69) is 31.0 Å². The summed E-state index contributed by atoms with van der Waals surface area (Å²) in [5, 5.41) is 3.30. The highest BCUT2D eigenvalue weighted by Gasteiger charge is 2.24. The third-order valence-corrected chi connectivity index (χ3v) is 4.90. The maximum Gasteiger partial charge on any atom is 0.153 e. The maximum atomic E-state index is 11.5. The van der Waals surface area contributed by atoms with E-state index in [-0.39, 0.29) is 6.04 Å². The molecule has 1 heterocycles. The van der Waals surface area contributed by atoms with E-state index in [1.54, 1.807) is 0 Å². The van der Waals surface area contributed by atoms with Crippen molar-refractivity contribution in [2.24, 2.45) is 5.92 Å². The quantitative estimate of drug-likeness (QED) is 0.767. The second-order valence-corrected chi connectivity index (χ2v) is 7.57. The van der Waals surface area contributed by atoms with Crippen LogP contribution in [0.4, 0.5) is 0 Å². The molecule has 102 valence electrons. The van der Waals surface area contributed by atoms with E-state index in [0.29, 0.717) is 24.0 Å². The van der Waals surface area contributed by atoms with Gasteiger partial charge in [-0.25, -0.2) is 8.42 Å². The van der Waals surface area contributed by atoms with Crippen LogP contribution in [0.2, 0.25) is 0 Å². The van der Waals surface area contributed by atoms with Gasteiger partial charge in [0.05, 0.1) is 11.5 Å². The second-order valence-electron chi connectivity index (χ2n) is 5.34. The van der Waals surface area contributed by atoms with E-state index in [1.165, 1.54) is 0 Å². The second kappa shape index (κ2) is 6.71. The highest BCUT2D eigenvalue weighted by atomic mass is 32.2. The van der Waals surface area contributed by atoms with Crippen molar-refractivity contribution in [3.63, 3.8) is 0 Å². The summed E-state index contributed by atoms with van der Waals surface area (Å²) in [7, 11) is -2.79.